The molecule has 1 N–H and O–H groups in total. The van der Waals surface area contributed by atoms with Gasteiger partial charge in [0.05, 0.1) is 5.56 Å². The molecule has 1 aliphatic rings. The van der Waals surface area contributed by atoms with Crippen LogP contribution in [0.1, 0.15) is 16.7 Å². The first kappa shape index (κ1) is 10.5. The maximum atomic E-state index is 11.0. The molecule has 4 nitrogen and oxygen atoms in total. The summed E-state index contributed by atoms with van der Waals surface area (Å²) in [5.41, 5.74) is 1.87. The average molecular weight is 241 g/mol. The fourth-order valence-electron chi connectivity index (χ4n) is 1.51. The van der Waals surface area contributed by atoms with Gasteiger partial charge in [0, 0.05) is 11.5 Å². The van der Waals surface area contributed by atoms with Crippen LogP contribution in [0.15, 0.2) is 17.0 Å². The number of fused-ring (bicyclic) bond motifs is 1. The zero-order valence-electron chi connectivity index (χ0n) is 7.60. The Balaban J connectivity index is 2.71. The molecule has 0 amide bonds. The third-order valence-corrected chi connectivity index (χ3v) is 4.14. The summed E-state index contributed by atoms with van der Waals surface area (Å²) >= 11 is 1.66. The molecule has 0 fully saturated rings. The number of hydrogen-bond acceptors (Lipinski definition) is 4. The predicted octanol–water partition coefficient (Wildman–Crippen LogP) is 1.55. The van der Waals surface area contributed by atoms with Crippen LogP contribution in [0.5, 0.6) is 0 Å². The number of nitrogens with zero attached hydrogens (tertiary/aromatic N) is 1. The standard InChI is InChI=1S/C9H7NO3S2/c10-3-6-1-7-4-14-5-8(7)2-9(6)15(11,12)13/h1-2H,4-5H2,(H,11,12,13). The highest BCUT2D eigenvalue weighted by atomic mass is 32.2. The molecule has 0 unspecified atom stereocenters. The van der Waals surface area contributed by atoms with E-state index in [-0.39, 0.29) is 10.5 Å². The van der Waals surface area contributed by atoms with E-state index in [0.717, 1.165) is 22.6 Å². The topological polar surface area (TPSA) is 78.2 Å². The Hall–Kier alpha value is -1.03. The molecule has 0 saturated carbocycles. The van der Waals surface area contributed by atoms with E-state index in [0.29, 0.717) is 0 Å². The van der Waals surface area contributed by atoms with Gasteiger partial charge < -0.3 is 0 Å². The summed E-state index contributed by atoms with van der Waals surface area (Å²) in [5, 5.41) is 8.78. The Labute approximate surface area is 91.7 Å². The van der Waals surface area contributed by atoms with Gasteiger partial charge in [0.2, 0.25) is 0 Å². The average Bonchev–Trinajstić information content (AvgIpc) is 2.60. The number of nitriles is 1. The maximum Gasteiger partial charge on any atom is 0.295 e. The Kier molecular flexibility index (Phi) is 2.46. The molecule has 2 rings (SSSR count). The van der Waals surface area contributed by atoms with E-state index in [1.165, 1.54) is 6.07 Å². The molecule has 0 aromatic heterocycles. The summed E-state index contributed by atoms with van der Waals surface area (Å²) in [4.78, 5) is -0.286. The molecule has 1 aromatic rings. The minimum atomic E-state index is -4.30. The van der Waals surface area contributed by atoms with Gasteiger partial charge in [0.25, 0.3) is 10.1 Å². The van der Waals surface area contributed by atoms with E-state index in [2.05, 4.69) is 0 Å². The van der Waals surface area contributed by atoms with Gasteiger partial charge in [-0.15, -0.1) is 0 Å². The highest BCUT2D eigenvalue weighted by Crippen LogP contribution is 2.33. The quantitative estimate of drug-likeness (QED) is 0.755. The van der Waals surface area contributed by atoms with Crippen LogP contribution >= 0.6 is 11.8 Å². The molecule has 1 heterocycles. The van der Waals surface area contributed by atoms with Crippen molar-refractivity contribution in [3.05, 3.63) is 28.8 Å². The molecule has 15 heavy (non-hydrogen) atoms. The van der Waals surface area contributed by atoms with Gasteiger partial charge in [0.1, 0.15) is 11.0 Å². The Morgan fingerprint density at radius 2 is 1.93 bits per heavy atom. The molecule has 0 bridgehead atoms. The first-order chi connectivity index (χ1) is 7.02. The smallest absolute Gasteiger partial charge is 0.282 e. The second kappa shape index (κ2) is 3.52. The van der Waals surface area contributed by atoms with Crippen LogP contribution in [-0.4, -0.2) is 13.0 Å². The second-order valence-electron chi connectivity index (χ2n) is 3.20. The van der Waals surface area contributed by atoms with Crippen LogP contribution in [0.4, 0.5) is 0 Å². The fourth-order valence-corrected chi connectivity index (χ4v) is 3.26. The highest BCUT2D eigenvalue weighted by molar-refractivity contribution is 7.98. The monoisotopic (exact) mass is 241 g/mol. The molecule has 0 spiro atoms. The van der Waals surface area contributed by atoms with Crippen LogP contribution in [0.3, 0.4) is 0 Å². The number of thioether (sulfide) groups is 1. The number of benzene rings is 1. The fraction of sp³-hybridized carbons (Fsp3) is 0.222. The minimum absolute atomic E-state index is 0.0127. The third kappa shape index (κ3) is 1.86. The van der Waals surface area contributed by atoms with Gasteiger partial charge in [-0.1, -0.05) is 0 Å². The SMILES string of the molecule is N#Cc1cc2c(cc1S(=O)(=O)O)CSC2. The maximum absolute atomic E-state index is 11.0. The summed E-state index contributed by atoms with van der Waals surface area (Å²) in [6.45, 7) is 0. The van der Waals surface area contributed by atoms with E-state index < -0.39 is 10.1 Å². The van der Waals surface area contributed by atoms with Crippen molar-refractivity contribution in [2.45, 2.75) is 16.4 Å². The predicted molar refractivity (Wildman–Crippen MR) is 56.0 cm³/mol. The van der Waals surface area contributed by atoms with Crippen molar-refractivity contribution in [3.8, 4) is 6.07 Å². The van der Waals surface area contributed by atoms with E-state index in [1.807, 2.05) is 0 Å². The third-order valence-electron chi connectivity index (χ3n) is 2.22. The van der Waals surface area contributed by atoms with Gasteiger partial charge >= 0.3 is 0 Å². The molecule has 0 saturated heterocycles. The minimum Gasteiger partial charge on any atom is -0.282 e. The Morgan fingerprint density at radius 3 is 2.47 bits per heavy atom. The van der Waals surface area contributed by atoms with E-state index in [9.17, 15) is 8.42 Å². The zero-order valence-corrected chi connectivity index (χ0v) is 9.23. The molecular weight excluding hydrogens is 234 g/mol. The molecule has 0 radical (unpaired) electrons. The summed E-state index contributed by atoms with van der Waals surface area (Å²) in [6, 6.07) is 4.72. The van der Waals surface area contributed by atoms with Crippen molar-refractivity contribution in [2.75, 3.05) is 0 Å². The van der Waals surface area contributed by atoms with Crippen molar-refractivity contribution >= 4 is 21.9 Å². The van der Waals surface area contributed by atoms with Crippen LogP contribution in [0.25, 0.3) is 0 Å². The molecule has 0 aliphatic carbocycles. The molecule has 0 atom stereocenters. The highest BCUT2D eigenvalue weighted by Gasteiger charge is 2.21. The number of hydrogen-bond donors (Lipinski definition) is 1. The zero-order chi connectivity index (χ0) is 11.1. The van der Waals surface area contributed by atoms with Crippen molar-refractivity contribution in [1.29, 1.82) is 5.26 Å². The lowest BCUT2D eigenvalue weighted by Gasteiger charge is -2.03. The lowest BCUT2D eigenvalue weighted by atomic mass is 10.1. The first-order valence-corrected chi connectivity index (χ1v) is 6.73. The van der Waals surface area contributed by atoms with Gasteiger partial charge in [0.15, 0.2) is 0 Å². The normalized spacial score (nSPS) is 14.7. The first-order valence-electron chi connectivity index (χ1n) is 4.13. The van der Waals surface area contributed by atoms with Gasteiger partial charge in [-0.3, -0.25) is 4.55 Å². The van der Waals surface area contributed by atoms with E-state index in [1.54, 1.807) is 23.9 Å². The van der Waals surface area contributed by atoms with Crippen LogP contribution < -0.4 is 0 Å². The lowest BCUT2D eigenvalue weighted by Crippen LogP contribution is -2.03. The van der Waals surface area contributed by atoms with Crippen LogP contribution in [0, 0.1) is 11.3 Å². The van der Waals surface area contributed by atoms with E-state index in [4.69, 9.17) is 9.81 Å². The summed E-state index contributed by atoms with van der Waals surface area (Å²) in [6.07, 6.45) is 0. The molecule has 1 aromatic carbocycles. The summed E-state index contributed by atoms with van der Waals surface area (Å²) in [7, 11) is -4.30. The molecule has 78 valence electrons. The van der Waals surface area contributed by atoms with Crippen molar-refractivity contribution < 1.29 is 13.0 Å². The molecule has 1 aliphatic heterocycles. The van der Waals surface area contributed by atoms with E-state index >= 15 is 0 Å². The van der Waals surface area contributed by atoms with Crippen LogP contribution in [0.2, 0.25) is 0 Å². The van der Waals surface area contributed by atoms with Gasteiger partial charge in [-0.2, -0.15) is 25.4 Å². The largest absolute Gasteiger partial charge is 0.295 e. The van der Waals surface area contributed by atoms with Crippen molar-refractivity contribution in [2.24, 2.45) is 0 Å². The second-order valence-corrected chi connectivity index (χ2v) is 5.57. The van der Waals surface area contributed by atoms with Gasteiger partial charge in [-0.05, 0) is 23.3 Å². The Morgan fingerprint density at radius 1 is 1.33 bits per heavy atom. The van der Waals surface area contributed by atoms with Crippen molar-refractivity contribution in [1.82, 2.24) is 0 Å². The van der Waals surface area contributed by atoms with Crippen molar-refractivity contribution in [3.63, 3.8) is 0 Å². The Bertz CT molecular complexity index is 557. The van der Waals surface area contributed by atoms with Gasteiger partial charge in [-0.25, -0.2) is 0 Å². The molecule has 6 heteroatoms. The number of rotatable bonds is 1. The lowest BCUT2D eigenvalue weighted by molar-refractivity contribution is 0.483. The summed E-state index contributed by atoms with van der Waals surface area (Å²) in [5.74, 6) is 1.51. The summed E-state index contributed by atoms with van der Waals surface area (Å²) < 4.78 is 31.0. The van der Waals surface area contributed by atoms with Crippen LogP contribution in [-0.2, 0) is 21.6 Å². The molecular formula is C9H7NO3S2.